The van der Waals surface area contributed by atoms with Gasteiger partial charge in [-0.25, -0.2) is 0 Å². The lowest BCUT2D eigenvalue weighted by molar-refractivity contribution is -0.0688. The van der Waals surface area contributed by atoms with E-state index >= 15 is 0 Å². The molecule has 0 saturated carbocycles. The summed E-state index contributed by atoms with van der Waals surface area (Å²) in [6.07, 6.45) is 18.6. The van der Waals surface area contributed by atoms with Gasteiger partial charge in [0.15, 0.2) is 0 Å². The van der Waals surface area contributed by atoms with E-state index in [-0.39, 0.29) is 44.6 Å². The molecular weight excluding hydrogens is 504 g/mol. The fraction of sp³-hybridized carbons (Fsp3) is 1.00. The third kappa shape index (κ3) is 14.0. The average molecular weight is 605 g/mol. The summed E-state index contributed by atoms with van der Waals surface area (Å²) in [5, 5.41) is 0. The molecule has 0 fully saturated rings. The van der Waals surface area contributed by atoms with E-state index in [0.717, 1.165) is 0 Å². The zero-order valence-electron chi connectivity index (χ0n) is 28.9. The summed E-state index contributed by atoms with van der Waals surface area (Å²) in [7, 11) is 0. The SMILES string of the molecule is C.C.C.C.C.C.CCCC(C)(C)C(C)(CCC)C(C)(CC)CCC.CCCC(C)(C)C(C)(CCC)C(C)(CC)CCC. The molecule has 0 heteroatoms. The van der Waals surface area contributed by atoms with Crippen molar-refractivity contribution in [1.82, 2.24) is 0 Å². The minimum atomic E-state index is 0. The standard InChI is InChI=1S/2C18H38.6CH4/c2*1-9-13-16(5,6)18(8,15-11-3)17(7,12-4)14-10-2;;;;;;/h2*9-15H2,1-8H3;6*1H4. The largest absolute Gasteiger partial charge is 0.0776 e. The lowest BCUT2D eigenvalue weighted by atomic mass is 9.48. The second-order valence-corrected chi connectivity index (χ2v) is 14.8. The van der Waals surface area contributed by atoms with Crippen molar-refractivity contribution >= 4 is 0 Å². The minimum Gasteiger partial charge on any atom is -0.0776 e. The van der Waals surface area contributed by atoms with E-state index in [1.165, 1.54) is 89.9 Å². The molecule has 0 amide bonds. The predicted octanol–water partition coefficient (Wildman–Crippen LogP) is 17.5. The first-order chi connectivity index (χ1) is 16.5. The van der Waals surface area contributed by atoms with Crippen molar-refractivity contribution in [2.24, 2.45) is 32.5 Å². The van der Waals surface area contributed by atoms with Gasteiger partial charge in [-0.2, -0.15) is 0 Å². The average Bonchev–Trinajstić information content (AvgIpc) is 2.79. The van der Waals surface area contributed by atoms with Gasteiger partial charge >= 0.3 is 0 Å². The molecular formula is C42H100. The van der Waals surface area contributed by atoms with Crippen LogP contribution in [0.3, 0.4) is 0 Å². The van der Waals surface area contributed by atoms with Crippen molar-refractivity contribution in [3.05, 3.63) is 0 Å². The zero-order chi connectivity index (χ0) is 28.9. The molecule has 0 bridgehead atoms. The Hall–Kier alpha value is 0. The van der Waals surface area contributed by atoms with Gasteiger partial charge < -0.3 is 0 Å². The quantitative estimate of drug-likeness (QED) is 0.146. The van der Waals surface area contributed by atoms with Crippen LogP contribution >= 0.6 is 0 Å². The maximum Gasteiger partial charge on any atom is -0.0221 e. The first-order valence-electron chi connectivity index (χ1n) is 16.5. The van der Waals surface area contributed by atoms with Gasteiger partial charge in [0.1, 0.15) is 0 Å². The van der Waals surface area contributed by atoms with Crippen LogP contribution in [0.25, 0.3) is 0 Å². The normalized spacial score (nSPS) is 16.6. The maximum absolute atomic E-state index is 2.57. The van der Waals surface area contributed by atoms with Crippen LogP contribution in [0, 0.1) is 32.5 Å². The Morgan fingerprint density at radius 3 is 0.619 bits per heavy atom. The summed E-state index contributed by atoms with van der Waals surface area (Å²) in [5.74, 6) is 0. The second kappa shape index (κ2) is 26.2. The van der Waals surface area contributed by atoms with Gasteiger partial charge in [0.25, 0.3) is 0 Å². The molecule has 0 spiro atoms. The molecule has 0 N–H and O–H groups in total. The molecule has 0 aromatic rings. The fourth-order valence-corrected chi connectivity index (χ4v) is 8.51. The first kappa shape index (κ1) is 61.1. The van der Waals surface area contributed by atoms with E-state index in [9.17, 15) is 0 Å². The van der Waals surface area contributed by atoms with Gasteiger partial charge in [0.2, 0.25) is 0 Å². The topological polar surface area (TPSA) is 0 Å². The molecule has 0 radical (unpaired) electrons. The summed E-state index contributed by atoms with van der Waals surface area (Å²) in [6, 6.07) is 0. The van der Waals surface area contributed by atoms with Gasteiger partial charge in [-0.3, -0.25) is 0 Å². The van der Waals surface area contributed by atoms with Crippen LogP contribution in [0.4, 0.5) is 0 Å². The highest BCUT2D eigenvalue weighted by Crippen LogP contribution is 2.60. The predicted molar refractivity (Wildman–Crippen MR) is 210 cm³/mol. The monoisotopic (exact) mass is 605 g/mol. The molecule has 0 nitrogen and oxygen atoms in total. The molecule has 0 aromatic heterocycles. The smallest absolute Gasteiger partial charge is 0.0221 e. The number of hydrogen-bond acceptors (Lipinski definition) is 0. The highest BCUT2D eigenvalue weighted by Gasteiger charge is 2.51. The Kier molecular flexibility index (Phi) is 38.2. The number of rotatable bonds is 18. The van der Waals surface area contributed by atoms with Crippen LogP contribution in [0.5, 0.6) is 0 Å². The minimum absolute atomic E-state index is 0. The molecule has 0 aliphatic carbocycles. The summed E-state index contributed by atoms with van der Waals surface area (Å²) in [4.78, 5) is 0. The lowest BCUT2D eigenvalue weighted by Gasteiger charge is -2.56. The Labute approximate surface area is 277 Å². The summed E-state index contributed by atoms with van der Waals surface area (Å²) >= 11 is 0. The molecule has 4 atom stereocenters. The molecule has 0 heterocycles. The van der Waals surface area contributed by atoms with Crippen molar-refractivity contribution in [2.75, 3.05) is 0 Å². The van der Waals surface area contributed by atoms with Gasteiger partial charge in [-0.1, -0.05) is 207 Å². The second-order valence-electron chi connectivity index (χ2n) is 14.8. The van der Waals surface area contributed by atoms with Crippen molar-refractivity contribution in [3.8, 4) is 0 Å². The molecule has 0 aromatic carbocycles. The highest BCUT2D eigenvalue weighted by molar-refractivity contribution is 5.01. The molecule has 268 valence electrons. The number of hydrogen-bond donors (Lipinski definition) is 0. The van der Waals surface area contributed by atoms with Crippen LogP contribution in [0.2, 0.25) is 0 Å². The first-order valence-corrected chi connectivity index (χ1v) is 16.5. The van der Waals surface area contributed by atoms with E-state index in [0.29, 0.717) is 32.5 Å². The summed E-state index contributed by atoms with van der Waals surface area (Å²) < 4.78 is 0. The van der Waals surface area contributed by atoms with Gasteiger partial charge in [-0.15, -0.1) is 0 Å². The lowest BCUT2D eigenvalue weighted by Crippen LogP contribution is -2.48. The van der Waals surface area contributed by atoms with Crippen molar-refractivity contribution in [1.29, 1.82) is 0 Å². The van der Waals surface area contributed by atoms with Gasteiger partial charge in [0, 0.05) is 0 Å². The van der Waals surface area contributed by atoms with Crippen molar-refractivity contribution < 1.29 is 0 Å². The van der Waals surface area contributed by atoms with E-state index in [1.54, 1.807) is 0 Å². The third-order valence-corrected chi connectivity index (χ3v) is 12.1. The van der Waals surface area contributed by atoms with Crippen molar-refractivity contribution in [2.45, 2.75) is 245 Å². The Balaban J connectivity index is -0.0000000803. The Morgan fingerprint density at radius 2 is 0.476 bits per heavy atom. The van der Waals surface area contributed by atoms with E-state index in [2.05, 4.69) is 111 Å². The molecule has 0 aliphatic heterocycles. The molecule has 0 saturated heterocycles. The van der Waals surface area contributed by atoms with Gasteiger partial charge in [0.05, 0.1) is 0 Å². The van der Waals surface area contributed by atoms with E-state index < -0.39 is 0 Å². The van der Waals surface area contributed by atoms with E-state index in [1.807, 2.05) is 0 Å². The van der Waals surface area contributed by atoms with Crippen LogP contribution in [-0.2, 0) is 0 Å². The molecule has 0 rings (SSSR count). The van der Waals surface area contributed by atoms with Gasteiger partial charge in [-0.05, 0) is 71.0 Å². The Morgan fingerprint density at radius 1 is 0.286 bits per heavy atom. The maximum atomic E-state index is 2.57. The summed E-state index contributed by atoms with van der Waals surface area (Å²) in [5.41, 5.74) is 2.76. The highest BCUT2D eigenvalue weighted by atomic mass is 14.6. The third-order valence-electron chi connectivity index (χ3n) is 12.1. The van der Waals surface area contributed by atoms with Crippen LogP contribution in [-0.4, -0.2) is 0 Å². The fourth-order valence-electron chi connectivity index (χ4n) is 8.51. The van der Waals surface area contributed by atoms with Crippen molar-refractivity contribution in [3.63, 3.8) is 0 Å². The van der Waals surface area contributed by atoms with E-state index in [4.69, 9.17) is 0 Å². The molecule has 42 heavy (non-hydrogen) atoms. The van der Waals surface area contributed by atoms with Crippen LogP contribution in [0.15, 0.2) is 0 Å². The van der Waals surface area contributed by atoms with Crippen LogP contribution < -0.4 is 0 Å². The molecule has 0 aliphatic rings. The Bertz CT molecular complexity index is 506. The zero-order valence-corrected chi connectivity index (χ0v) is 28.9. The summed E-state index contributed by atoms with van der Waals surface area (Å²) in [6.45, 7) is 39.1. The molecule has 4 unspecified atom stereocenters. The van der Waals surface area contributed by atoms with Crippen LogP contribution in [0.1, 0.15) is 245 Å².